The third-order valence-electron chi connectivity index (χ3n) is 4.34. The van der Waals surface area contributed by atoms with Gasteiger partial charge in [0.05, 0.1) is 32.6 Å². The molecule has 3 rings (SSSR count). The van der Waals surface area contributed by atoms with Crippen LogP contribution in [0, 0.1) is 0 Å². The Balaban J connectivity index is 1.85. The highest BCUT2D eigenvalue weighted by Crippen LogP contribution is 2.38. The minimum Gasteiger partial charge on any atom is -0.493 e. The highest BCUT2D eigenvalue weighted by atomic mass is 32.1. The van der Waals surface area contributed by atoms with Crippen LogP contribution in [0.2, 0.25) is 0 Å². The molecular weight excluding hydrogens is 420 g/mol. The predicted molar refractivity (Wildman–Crippen MR) is 118 cm³/mol. The van der Waals surface area contributed by atoms with E-state index in [9.17, 15) is 9.59 Å². The summed E-state index contributed by atoms with van der Waals surface area (Å²) in [6.45, 7) is 1.96. The molecule has 2 N–H and O–H groups in total. The van der Waals surface area contributed by atoms with Gasteiger partial charge in [0.25, 0.3) is 11.8 Å². The maximum Gasteiger partial charge on any atom is 0.259 e. The predicted octanol–water partition coefficient (Wildman–Crippen LogP) is 3.63. The monoisotopic (exact) mass is 442 g/mol. The number of nitrogens with zero attached hydrogens (tertiary/aromatic N) is 2. The number of benzene rings is 2. The van der Waals surface area contributed by atoms with Crippen molar-refractivity contribution in [1.82, 2.24) is 10.2 Å². The van der Waals surface area contributed by atoms with E-state index in [1.165, 1.54) is 44.8 Å². The van der Waals surface area contributed by atoms with Gasteiger partial charge in [0.15, 0.2) is 11.5 Å². The average Bonchev–Trinajstić information content (AvgIpc) is 3.25. The Morgan fingerprint density at radius 1 is 0.935 bits per heavy atom. The molecule has 2 aromatic carbocycles. The summed E-state index contributed by atoms with van der Waals surface area (Å²) in [6.07, 6.45) is 0.731. The second-order valence-electron chi connectivity index (χ2n) is 6.22. The number of aryl methyl sites for hydroxylation is 1. The first-order valence-corrected chi connectivity index (χ1v) is 10.2. The minimum absolute atomic E-state index is 0.279. The molecule has 0 aliphatic carbocycles. The Hall–Kier alpha value is -3.66. The van der Waals surface area contributed by atoms with Crippen LogP contribution in [-0.2, 0) is 6.42 Å². The molecule has 1 heterocycles. The van der Waals surface area contributed by atoms with Crippen LogP contribution in [0.25, 0.3) is 0 Å². The molecule has 31 heavy (non-hydrogen) atoms. The van der Waals surface area contributed by atoms with Crippen molar-refractivity contribution >= 4 is 34.0 Å². The van der Waals surface area contributed by atoms with Crippen molar-refractivity contribution in [3.8, 4) is 17.2 Å². The van der Waals surface area contributed by atoms with Gasteiger partial charge in [-0.3, -0.25) is 14.9 Å². The van der Waals surface area contributed by atoms with Crippen molar-refractivity contribution in [2.45, 2.75) is 13.3 Å². The van der Waals surface area contributed by atoms with E-state index in [4.69, 9.17) is 14.2 Å². The fourth-order valence-electron chi connectivity index (χ4n) is 2.81. The second kappa shape index (κ2) is 9.90. The van der Waals surface area contributed by atoms with Gasteiger partial charge < -0.3 is 19.5 Å². The minimum atomic E-state index is -0.441. The Bertz CT molecular complexity index is 1070. The summed E-state index contributed by atoms with van der Waals surface area (Å²) < 4.78 is 15.9. The second-order valence-corrected chi connectivity index (χ2v) is 7.28. The molecule has 0 bridgehead atoms. The lowest BCUT2D eigenvalue weighted by atomic mass is 10.1. The summed E-state index contributed by atoms with van der Waals surface area (Å²) in [7, 11) is 4.42. The molecule has 162 valence electrons. The molecule has 0 spiro atoms. The number of hydrogen-bond donors (Lipinski definition) is 2. The molecule has 1 aromatic heterocycles. The summed E-state index contributed by atoms with van der Waals surface area (Å²) in [4.78, 5) is 25.7. The maximum atomic E-state index is 12.9. The van der Waals surface area contributed by atoms with Crippen LogP contribution in [0.15, 0.2) is 36.4 Å². The highest BCUT2D eigenvalue weighted by molar-refractivity contribution is 7.15. The van der Waals surface area contributed by atoms with Crippen molar-refractivity contribution in [2.75, 3.05) is 32.0 Å². The number of aromatic nitrogens is 2. The summed E-state index contributed by atoms with van der Waals surface area (Å²) in [5, 5.41) is 14.6. The highest BCUT2D eigenvalue weighted by Gasteiger charge is 2.19. The van der Waals surface area contributed by atoms with Crippen molar-refractivity contribution in [1.29, 1.82) is 0 Å². The lowest BCUT2D eigenvalue weighted by Gasteiger charge is -2.15. The van der Waals surface area contributed by atoms with Crippen LogP contribution >= 0.6 is 11.3 Å². The Morgan fingerprint density at radius 3 is 2.19 bits per heavy atom. The number of methoxy groups -OCH3 is 3. The number of carbonyl (C=O) groups is 2. The summed E-state index contributed by atoms with van der Waals surface area (Å²) in [5.74, 6) is 0.232. The van der Waals surface area contributed by atoms with Crippen LogP contribution in [0.5, 0.6) is 17.2 Å². The van der Waals surface area contributed by atoms with E-state index in [1.54, 1.807) is 24.3 Å². The van der Waals surface area contributed by atoms with Gasteiger partial charge in [-0.05, 0) is 30.7 Å². The summed E-state index contributed by atoms with van der Waals surface area (Å²) in [6, 6.07) is 9.76. The van der Waals surface area contributed by atoms with Crippen LogP contribution in [-0.4, -0.2) is 43.3 Å². The van der Waals surface area contributed by atoms with E-state index in [0.29, 0.717) is 28.1 Å². The smallest absolute Gasteiger partial charge is 0.259 e. The molecule has 0 unspecified atom stereocenters. The molecule has 9 nitrogen and oxygen atoms in total. The number of anilines is 2. The van der Waals surface area contributed by atoms with Crippen molar-refractivity contribution in [3.05, 3.63) is 52.5 Å². The van der Waals surface area contributed by atoms with E-state index < -0.39 is 11.8 Å². The normalized spacial score (nSPS) is 10.3. The number of para-hydroxylation sites is 1. The summed E-state index contributed by atoms with van der Waals surface area (Å²) in [5.41, 5.74) is 0.914. The lowest BCUT2D eigenvalue weighted by Crippen LogP contribution is -2.18. The van der Waals surface area contributed by atoms with E-state index in [1.807, 2.05) is 6.92 Å². The van der Waals surface area contributed by atoms with Gasteiger partial charge in [-0.15, -0.1) is 10.2 Å². The van der Waals surface area contributed by atoms with Gasteiger partial charge in [-0.25, -0.2) is 0 Å². The molecule has 0 saturated heterocycles. The van der Waals surface area contributed by atoms with Crippen LogP contribution in [0.4, 0.5) is 10.8 Å². The first-order chi connectivity index (χ1) is 15.0. The van der Waals surface area contributed by atoms with E-state index >= 15 is 0 Å². The molecule has 3 aromatic rings. The molecule has 0 radical (unpaired) electrons. The van der Waals surface area contributed by atoms with Crippen LogP contribution in [0.3, 0.4) is 0 Å². The standard InChI is InChI=1S/C21H22N4O5S/c1-5-17-24-25-21(31-17)23-20(27)13-8-6-7-9-14(13)22-19(26)12-10-15(28-2)18(30-4)16(11-12)29-3/h6-11H,5H2,1-4H3,(H,22,26)(H,23,25,27). The zero-order valence-corrected chi connectivity index (χ0v) is 18.3. The Morgan fingerprint density at radius 2 is 1.61 bits per heavy atom. The third-order valence-corrected chi connectivity index (χ3v) is 5.32. The Labute approximate surface area is 183 Å². The van der Waals surface area contributed by atoms with E-state index in [0.717, 1.165) is 11.4 Å². The molecule has 0 atom stereocenters. The van der Waals surface area contributed by atoms with Crippen molar-refractivity contribution in [2.24, 2.45) is 0 Å². The SMILES string of the molecule is CCc1nnc(NC(=O)c2ccccc2NC(=O)c2cc(OC)c(OC)c(OC)c2)s1. The van der Waals surface area contributed by atoms with E-state index in [2.05, 4.69) is 20.8 Å². The number of hydrogen-bond acceptors (Lipinski definition) is 8. The van der Waals surface area contributed by atoms with Gasteiger partial charge in [0.2, 0.25) is 10.9 Å². The lowest BCUT2D eigenvalue weighted by molar-refractivity contribution is 0.102. The zero-order valence-electron chi connectivity index (χ0n) is 17.5. The first kappa shape index (κ1) is 22.0. The molecule has 0 saturated carbocycles. The molecule has 0 fully saturated rings. The van der Waals surface area contributed by atoms with Gasteiger partial charge in [0, 0.05) is 5.56 Å². The van der Waals surface area contributed by atoms with Gasteiger partial charge in [0.1, 0.15) is 5.01 Å². The van der Waals surface area contributed by atoms with Gasteiger partial charge >= 0.3 is 0 Å². The zero-order chi connectivity index (χ0) is 22.4. The van der Waals surface area contributed by atoms with Gasteiger partial charge in [-0.1, -0.05) is 30.4 Å². The van der Waals surface area contributed by atoms with Crippen molar-refractivity contribution < 1.29 is 23.8 Å². The number of carbonyl (C=O) groups excluding carboxylic acids is 2. The fraction of sp³-hybridized carbons (Fsp3) is 0.238. The quantitative estimate of drug-likeness (QED) is 0.548. The average molecular weight is 442 g/mol. The Kier molecular flexibility index (Phi) is 7.03. The number of nitrogens with one attached hydrogen (secondary N) is 2. The number of amides is 2. The van der Waals surface area contributed by atoms with Crippen molar-refractivity contribution in [3.63, 3.8) is 0 Å². The summed E-state index contributed by atoms with van der Waals surface area (Å²) >= 11 is 1.30. The largest absolute Gasteiger partial charge is 0.493 e. The van der Waals surface area contributed by atoms with Crippen LogP contribution < -0.4 is 24.8 Å². The molecule has 0 aliphatic heterocycles. The molecule has 0 aliphatic rings. The number of ether oxygens (including phenoxy) is 3. The van der Waals surface area contributed by atoms with E-state index in [-0.39, 0.29) is 11.1 Å². The number of rotatable bonds is 8. The maximum absolute atomic E-state index is 12.9. The van der Waals surface area contributed by atoms with Gasteiger partial charge in [-0.2, -0.15) is 0 Å². The molecule has 2 amide bonds. The fourth-order valence-corrected chi connectivity index (χ4v) is 3.48. The molecule has 10 heteroatoms. The first-order valence-electron chi connectivity index (χ1n) is 9.34. The topological polar surface area (TPSA) is 112 Å². The van der Waals surface area contributed by atoms with Crippen LogP contribution in [0.1, 0.15) is 32.6 Å². The molecular formula is C21H22N4O5S. The third kappa shape index (κ3) is 4.92.